The van der Waals surface area contributed by atoms with Gasteiger partial charge in [-0.3, -0.25) is 57.5 Å². The first-order chi connectivity index (χ1) is 46.6. The van der Waals surface area contributed by atoms with Crippen molar-refractivity contribution in [3.05, 3.63) is 104 Å². The van der Waals surface area contributed by atoms with E-state index in [1.807, 2.05) is 103 Å². The Hall–Kier alpha value is -7.97. The van der Waals surface area contributed by atoms with Crippen molar-refractivity contribution in [2.45, 2.75) is 194 Å². The van der Waals surface area contributed by atoms with Gasteiger partial charge in [-0.2, -0.15) is 0 Å². The number of fused-ring (bicyclic) bond motifs is 1. The highest BCUT2D eigenvalue weighted by Gasteiger charge is 2.46. The van der Waals surface area contributed by atoms with Crippen molar-refractivity contribution in [1.29, 1.82) is 0 Å². The molecule has 12 amide bonds. The van der Waals surface area contributed by atoms with E-state index in [0.717, 1.165) is 21.1 Å². The van der Waals surface area contributed by atoms with E-state index in [1.165, 1.54) is 90.4 Å². The first-order valence-corrected chi connectivity index (χ1v) is 35.8. The van der Waals surface area contributed by atoms with E-state index < -0.39 is 150 Å². The van der Waals surface area contributed by atoms with Gasteiger partial charge < -0.3 is 60.5 Å². The second kappa shape index (κ2) is 35.9. The fourth-order valence-electron chi connectivity index (χ4n) is 12.8. The summed E-state index contributed by atoms with van der Waals surface area (Å²) >= 11 is 2.14. The Labute approximate surface area is 598 Å². The maximum atomic E-state index is 15.4. The molecule has 3 aliphatic heterocycles. The first-order valence-electron chi connectivity index (χ1n) is 34.8. The fourth-order valence-corrected chi connectivity index (χ4v) is 13.4. The molecule has 1 unspecified atom stereocenters. The zero-order chi connectivity index (χ0) is 73.5. The molecule has 3 aromatic carbocycles. The van der Waals surface area contributed by atoms with Crippen molar-refractivity contribution in [2.24, 2.45) is 17.8 Å². The van der Waals surface area contributed by atoms with Gasteiger partial charge in [-0.1, -0.05) is 114 Å². The summed E-state index contributed by atoms with van der Waals surface area (Å²) in [6.45, 7) is 17.7. The molecule has 3 saturated heterocycles. The molecule has 0 aliphatic carbocycles. The molecule has 0 bridgehead atoms. The lowest BCUT2D eigenvalue weighted by Crippen LogP contribution is -2.64. The van der Waals surface area contributed by atoms with Gasteiger partial charge in [0.05, 0.1) is 19.5 Å². The van der Waals surface area contributed by atoms with Gasteiger partial charge in [-0.15, -0.1) is 0 Å². The van der Waals surface area contributed by atoms with Gasteiger partial charge in [0.1, 0.15) is 53.9 Å². The van der Waals surface area contributed by atoms with Gasteiger partial charge in [0.2, 0.25) is 70.9 Å². The van der Waals surface area contributed by atoms with Crippen LogP contribution in [-0.4, -0.2) is 239 Å². The Bertz CT molecular complexity index is 3410. The van der Waals surface area contributed by atoms with Gasteiger partial charge in [-0.05, 0) is 141 Å². The number of nitrogens with zero attached hydrogens (tertiary/aromatic N) is 8. The van der Waals surface area contributed by atoms with Crippen LogP contribution in [0, 0.1) is 35.2 Å². The lowest BCUT2D eigenvalue weighted by Gasteiger charge is -2.43. The average Bonchev–Trinajstić information content (AvgIpc) is 0.803. The number of likely N-dealkylation sites (N-methyl/N-ethyl adjacent to an activating group) is 6. The lowest BCUT2D eigenvalue weighted by atomic mass is 9.95. The van der Waals surface area contributed by atoms with Crippen LogP contribution in [0.4, 0.5) is 0 Å². The maximum absolute atomic E-state index is 15.4. The van der Waals surface area contributed by atoms with Crippen LogP contribution >= 0.6 is 22.6 Å². The topological polar surface area (TPSA) is 279 Å². The molecule has 4 N–H and O–H groups in total. The van der Waals surface area contributed by atoms with Crippen molar-refractivity contribution in [2.75, 3.05) is 75.0 Å². The van der Waals surface area contributed by atoms with E-state index >= 15 is 19.2 Å². The van der Waals surface area contributed by atoms with Crippen molar-refractivity contribution in [3.63, 3.8) is 0 Å². The van der Waals surface area contributed by atoms with Gasteiger partial charge in [-0.25, -0.2) is 0 Å². The van der Waals surface area contributed by atoms with E-state index in [-0.39, 0.29) is 56.9 Å². The Morgan fingerprint density at radius 3 is 1.81 bits per heavy atom. The lowest BCUT2D eigenvalue weighted by molar-refractivity contribution is -0.157. The molecule has 0 radical (unpaired) electrons. The van der Waals surface area contributed by atoms with Crippen molar-refractivity contribution in [1.82, 2.24) is 60.5 Å². The number of hydrogen-bond acceptors (Lipinski definition) is 12. The van der Waals surface area contributed by atoms with Gasteiger partial charge in [0.25, 0.3) is 0 Å². The van der Waals surface area contributed by atoms with Crippen LogP contribution in [0.3, 0.4) is 0 Å². The predicted molar refractivity (Wildman–Crippen MR) is 386 cm³/mol. The molecule has 99 heavy (non-hydrogen) atoms. The summed E-state index contributed by atoms with van der Waals surface area (Å²) in [4.78, 5) is 189. The molecule has 0 saturated carbocycles. The summed E-state index contributed by atoms with van der Waals surface area (Å²) in [7, 11) is 8.57. The highest BCUT2D eigenvalue weighted by molar-refractivity contribution is 14.1. The summed E-state index contributed by atoms with van der Waals surface area (Å²) in [6, 6.07) is 12.0. The Morgan fingerprint density at radius 1 is 0.576 bits per heavy atom. The number of likely N-dealkylation sites (tertiary alicyclic amines) is 1. The number of carbonyl (C=O) groups is 12. The SMILES string of the molecule is CC[C@H](C)[C@@H]1NC(=O)[C@H](CC(C)C)N(C)C(=O)C[C@@H](C(=O)N2CCCCC2)N(C)C(=O)[C@H](CC(C)C)NC(=O)C(C)(C)N(C)C(=O)[C@H](Cc2ccccc2C)NC(=O)[C@H](Cc2cccc(I)c2)NC(=O)CN(C)C(=O)[C@H](Cc2ccc(C)cc2)N(C)C(=O)C2CCN2C(=O)CN(C)C1=O. The molecule has 3 aromatic rings. The summed E-state index contributed by atoms with van der Waals surface area (Å²) in [5.41, 5.74) is 2.08. The molecule has 3 heterocycles. The minimum absolute atomic E-state index is 0.0176. The van der Waals surface area contributed by atoms with Crippen molar-refractivity contribution < 1.29 is 57.5 Å². The van der Waals surface area contributed by atoms with E-state index in [1.54, 1.807) is 30.0 Å². The standard InChI is InChI=1S/C74H107IN12O12/c1-17-48(7)64-72(98)81(12)44-63(90)87-35-32-57(87)70(96)84(15)59(40-50-30-28-47(6)29-31-50)69(95)80(11)43-61(88)76-54(39-51-25-23-27-53(75)38-51)65(91)77-56(41-52-26-20-19-24-49(52)8)68(94)85(16)74(9,10)73(99)78-55(36-45(2)3)67(93)83(14)60(71(97)86-33-21-18-22-34-86)42-62(89)82(13)58(37-46(4)5)66(92)79-64/h19-20,23-31,38,45-46,48,54-60,64H,17-18,21-22,32-37,39-44H2,1-16H3,(H,76,88)(H,77,91)(H,78,99)(H,79,92)/t48-,54-,55-,56-,57?,58-,59-,60-,64-/m0/s1. The number of benzene rings is 3. The highest BCUT2D eigenvalue weighted by atomic mass is 127. The summed E-state index contributed by atoms with van der Waals surface area (Å²) in [6.07, 6.45) is 2.48. The molecule has 9 atom stereocenters. The van der Waals surface area contributed by atoms with Crippen LogP contribution in [0.25, 0.3) is 0 Å². The van der Waals surface area contributed by atoms with Crippen LogP contribution in [0.5, 0.6) is 0 Å². The minimum atomic E-state index is -1.74. The smallest absolute Gasteiger partial charge is 0.246 e. The number of carbonyl (C=O) groups excluding carboxylic acids is 12. The molecule has 0 spiro atoms. The molecule has 0 aromatic heterocycles. The predicted octanol–water partition coefficient (Wildman–Crippen LogP) is 4.67. The van der Waals surface area contributed by atoms with Gasteiger partial charge in [0, 0.05) is 84.8 Å². The van der Waals surface area contributed by atoms with E-state index in [9.17, 15) is 38.4 Å². The molecule has 24 nitrogen and oxygen atoms in total. The number of rotatable bonds is 13. The van der Waals surface area contributed by atoms with Crippen LogP contribution < -0.4 is 21.3 Å². The Balaban J connectivity index is 1.45. The quantitative estimate of drug-likeness (QED) is 0.170. The zero-order valence-electron chi connectivity index (χ0n) is 60.9. The third-order valence-electron chi connectivity index (χ3n) is 19.9. The van der Waals surface area contributed by atoms with E-state index in [4.69, 9.17) is 0 Å². The normalized spacial score (nSPS) is 24.5. The second-order valence-electron chi connectivity index (χ2n) is 28.8. The maximum Gasteiger partial charge on any atom is 0.246 e. The number of nitrogens with one attached hydrogen (secondary N) is 4. The third-order valence-corrected chi connectivity index (χ3v) is 20.5. The summed E-state index contributed by atoms with van der Waals surface area (Å²) < 4.78 is 0.843. The van der Waals surface area contributed by atoms with Crippen molar-refractivity contribution in [3.8, 4) is 0 Å². The van der Waals surface area contributed by atoms with E-state index in [0.29, 0.717) is 49.0 Å². The number of halogens is 1. The summed E-state index contributed by atoms with van der Waals surface area (Å²) in [5.74, 6) is -8.64. The largest absolute Gasteiger partial charge is 0.342 e. The fraction of sp³-hybridized carbons (Fsp3) is 0.595. The molecule has 6 rings (SSSR count). The molecule has 542 valence electrons. The van der Waals surface area contributed by atoms with Gasteiger partial charge >= 0.3 is 0 Å². The van der Waals surface area contributed by atoms with Crippen LogP contribution in [0.1, 0.15) is 135 Å². The number of piperidine rings is 1. The number of amides is 12. The van der Waals surface area contributed by atoms with Gasteiger partial charge in [0.15, 0.2) is 0 Å². The molecular formula is C74H107IN12O12. The van der Waals surface area contributed by atoms with E-state index in [2.05, 4.69) is 43.9 Å². The number of aryl methyl sites for hydroxylation is 2. The Morgan fingerprint density at radius 2 is 1.21 bits per heavy atom. The monoisotopic (exact) mass is 1480 g/mol. The Kier molecular flexibility index (Phi) is 29.0. The highest BCUT2D eigenvalue weighted by Crippen LogP contribution is 2.26. The third kappa shape index (κ3) is 21.1. The molecule has 3 aliphatic rings. The number of hydrogen-bond donors (Lipinski definition) is 4. The molecule has 3 fully saturated rings. The summed E-state index contributed by atoms with van der Waals surface area (Å²) in [5, 5.41) is 11.6. The molecular weight excluding hydrogens is 1380 g/mol. The first kappa shape index (κ1) is 80.0. The van der Waals surface area contributed by atoms with Crippen molar-refractivity contribution >= 4 is 93.5 Å². The minimum Gasteiger partial charge on any atom is -0.342 e. The van der Waals surface area contributed by atoms with Crippen LogP contribution in [0.2, 0.25) is 0 Å². The molecule has 25 heteroatoms. The zero-order valence-corrected chi connectivity index (χ0v) is 63.1. The average molecular weight is 1480 g/mol. The second-order valence-corrected chi connectivity index (χ2v) is 30.0. The van der Waals surface area contributed by atoms with Crippen LogP contribution in [-0.2, 0) is 76.8 Å². The van der Waals surface area contributed by atoms with Crippen LogP contribution in [0.15, 0.2) is 72.8 Å².